The number of nitrogens with zero attached hydrogens (tertiary/aromatic N) is 3. The quantitative estimate of drug-likeness (QED) is 0.614. The van der Waals surface area contributed by atoms with Gasteiger partial charge in [-0.3, -0.25) is 9.59 Å². The van der Waals surface area contributed by atoms with Gasteiger partial charge in [-0.1, -0.05) is 18.2 Å². The summed E-state index contributed by atoms with van der Waals surface area (Å²) in [5.74, 6) is 1.19. The van der Waals surface area contributed by atoms with Crippen molar-refractivity contribution in [3.63, 3.8) is 0 Å². The van der Waals surface area contributed by atoms with E-state index < -0.39 is 0 Å². The number of likely N-dealkylation sites (N-methyl/N-ethyl adjacent to an activating group) is 1. The number of hydrogen-bond acceptors (Lipinski definition) is 5. The van der Waals surface area contributed by atoms with Gasteiger partial charge in [-0.2, -0.15) is 5.10 Å². The fourth-order valence-electron chi connectivity index (χ4n) is 2.97. The lowest BCUT2D eigenvalue weighted by Gasteiger charge is -2.19. The minimum absolute atomic E-state index is 0.151. The molecule has 0 spiro atoms. The second-order valence-corrected chi connectivity index (χ2v) is 6.99. The number of fused-ring (bicyclic) bond motifs is 1. The van der Waals surface area contributed by atoms with E-state index in [4.69, 9.17) is 9.47 Å². The summed E-state index contributed by atoms with van der Waals surface area (Å²) in [5.41, 5.74) is 0.0680. The minimum Gasteiger partial charge on any atom is -0.497 e. The maximum absolute atomic E-state index is 13.0. The Morgan fingerprint density at radius 2 is 1.69 bits per heavy atom. The average molecular weight is 395 g/mol. The van der Waals surface area contributed by atoms with Crippen LogP contribution in [-0.4, -0.2) is 47.9 Å². The normalized spacial score (nSPS) is 10.9. The second kappa shape index (κ2) is 8.77. The van der Waals surface area contributed by atoms with E-state index in [0.717, 1.165) is 5.75 Å². The zero-order chi connectivity index (χ0) is 21.0. The summed E-state index contributed by atoms with van der Waals surface area (Å²) in [4.78, 5) is 27.2. The molecule has 0 unspecified atom stereocenters. The number of ether oxygens (including phenoxy) is 2. The zero-order valence-electron chi connectivity index (χ0n) is 17.1. The highest BCUT2D eigenvalue weighted by molar-refractivity contribution is 6.04. The summed E-state index contributed by atoms with van der Waals surface area (Å²) in [6, 6.07) is 14.2. The van der Waals surface area contributed by atoms with Gasteiger partial charge in [0.2, 0.25) is 0 Å². The Morgan fingerprint density at radius 3 is 2.31 bits per heavy atom. The molecule has 0 aliphatic carbocycles. The first kappa shape index (κ1) is 20.4. The third kappa shape index (κ3) is 4.39. The number of hydrogen-bond donors (Lipinski definition) is 0. The van der Waals surface area contributed by atoms with Crippen LogP contribution >= 0.6 is 0 Å². The van der Waals surface area contributed by atoms with Crippen LogP contribution in [-0.2, 0) is 0 Å². The van der Waals surface area contributed by atoms with Crippen LogP contribution < -0.4 is 15.0 Å². The molecule has 7 nitrogen and oxygen atoms in total. The van der Waals surface area contributed by atoms with Gasteiger partial charge < -0.3 is 14.4 Å². The average Bonchev–Trinajstić information content (AvgIpc) is 2.74. The molecule has 0 N–H and O–H groups in total. The van der Waals surface area contributed by atoms with Crippen LogP contribution in [0, 0.1) is 0 Å². The predicted molar refractivity (Wildman–Crippen MR) is 112 cm³/mol. The molecular formula is C22H25N3O4. The van der Waals surface area contributed by atoms with E-state index in [1.807, 2.05) is 38.1 Å². The first-order valence-electron chi connectivity index (χ1n) is 9.46. The Morgan fingerprint density at radius 1 is 1.07 bits per heavy atom. The molecule has 1 amide bonds. The molecular weight excluding hydrogens is 370 g/mol. The van der Waals surface area contributed by atoms with Gasteiger partial charge >= 0.3 is 0 Å². The van der Waals surface area contributed by atoms with Crippen molar-refractivity contribution in [2.24, 2.45) is 0 Å². The Hall–Kier alpha value is -3.35. The van der Waals surface area contributed by atoms with Gasteiger partial charge in [0.15, 0.2) is 5.69 Å². The smallest absolute Gasteiger partial charge is 0.274 e. The van der Waals surface area contributed by atoms with Crippen molar-refractivity contribution >= 4 is 16.7 Å². The van der Waals surface area contributed by atoms with E-state index >= 15 is 0 Å². The summed E-state index contributed by atoms with van der Waals surface area (Å²) < 4.78 is 12.2. The standard InChI is InChI=1S/C22H25N3O4/c1-15(2)25-21(26)19-8-6-5-7-18(19)20(23-25)22(27)24(3)13-14-29-17-11-9-16(28-4)10-12-17/h5-12,15H,13-14H2,1-4H3. The SMILES string of the molecule is COc1ccc(OCCN(C)C(=O)c2nn(C(C)C)c(=O)c3ccccc23)cc1. The van der Waals surface area contributed by atoms with Crippen molar-refractivity contribution < 1.29 is 14.3 Å². The molecule has 3 rings (SSSR count). The van der Waals surface area contributed by atoms with E-state index in [2.05, 4.69) is 5.10 Å². The molecule has 3 aromatic rings. The highest BCUT2D eigenvalue weighted by Gasteiger charge is 2.20. The highest BCUT2D eigenvalue weighted by atomic mass is 16.5. The topological polar surface area (TPSA) is 73.7 Å². The number of benzene rings is 2. The number of carbonyl (C=O) groups excluding carboxylic acids is 1. The molecule has 0 saturated heterocycles. The molecule has 0 aliphatic rings. The highest BCUT2D eigenvalue weighted by Crippen LogP contribution is 2.18. The van der Waals surface area contributed by atoms with Gasteiger partial charge in [0.25, 0.3) is 11.5 Å². The van der Waals surface area contributed by atoms with Gasteiger partial charge in [-0.05, 0) is 44.2 Å². The van der Waals surface area contributed by atoms with E-state index in [-0.39, 0.29) is 23.2 Å². The summed E-state index contributed by atoms with van der Waals surface area (Å²) in [6.45, 7) is 4.44. The van der Waals surface area contributed by atoms with E-state index in [0.29, 0.717) is 29.7 Å². The van der Waals surface area contributed by atoms with Gasteiger partial charge in [0, 0.05) is 12.4 Å². The number of carbonyl (C=O) groups is 1. The van der Waals surface area contributed by atoms with Crippen LogP contribution in [0.4, 0.5) is 0 Å². The van der Waals surface area contributed by atoms with E-state index in [9.17, 15) is 9.59 Å². The third-order valence-electron chi connectivity index (χ3n) is 4.62. The van der Waals surface area contributed by atoms with Gasteiger partial charge in [-0.15, -0.1) is 0 Å². The fourth-order valence-corrected chi connectivity index (χ4v) is 2.97. The molecule has 0 saturated carbocycles. The summed E-state index contributed by atoms with van der Waals surface area (Å²) >= 11 is 0. The molecule has 0 aliphatic heterocycles. The Labute approximate surface area is 169 Å². The molecule has 7 heteroatoms. The van der Waals surface area contributed by atoms with E-state index in [1.165, 1.54) is 4.68 Å². The van der Waals surface area contributed by atoms with Crippen LogP contribution in [0.3, 0.4) is 0 Å². The van der Waals surface area contributed by atoms with E-state index in [1.54, 1.807) is 43.3 Å². The maximum atomic E-state index is 13.0. The number of methoxy groups -OCH3 is 1. The lowest BCUT2D eigenvalue weighted by atomic mass is 10.1. The molecule has 2 aromatic carbocycles. The van der Waals surface area contributed by atoms with Crippen LogP contribution in [0.2, 0.25) is 0 Å². The number of aromatic nitrogens is 2. The first-order valence-corrected chi connectivity index (χ1v) is 9.46. The Bertz CT molecular complexity index is 1060. The fraction of sp³-hybridized carbons (Fsp3) is 0.318. The minimum atomic E-state index is -0.256. The Kier molecular flexibility index (Phi) is 6.16. The lowest BCUT2D eigenvalue weighted by Crippen LogP contribution is -2.34. The van der Waals surface area contributed by atoms with Crippen LogP contribution in [0.25, 0.3) is 10.8 Å². The van der Waals surface area contributed by atoms with Crippen LogP contribution in [0.15, 0.2) is 53.3 Å². The summed E-state index contributed by atoms with van der Waals surface area (Å²) in [7, 11) is 3.30. The van der Waals surface area contributed by atoms with Crippen molar-refractivity contribution in [2.45, 2.75) is 19.9 Å². The maximum Gasteiger partial charge on any atom is 0.274 e. The number of amides is 1. The molecule has 0 bridgehead atoms. The van der Waals surface area contributed by atoms with Crippen molar-refractivity contribution in [2.75, 3.05) is 27.3 Å². The third-order valence-corrected chi connectivity index (χ3v) is 4.62. The largest absolute Gasteiger partial charge is 0.497 e. The molecule has 152 valence electrons. The second-order valence-electron chi connectivity index (χ2n) is 6.99. The summed E-state index contributed by atoms with van der Waals surface area (Å²) in [6.07, 6.45) is 0. The molecule has 1 heterocycles. The molecule has 0 radical (unpaired) electrons. The molecule has 0 fully saturated rings. The molecule has 1 aromatic heterocycles. The lowest BCUT2D eigenvalue weighted by molar-refractivity contribution is 0.0767. The molecule has 0 atom stereocenters. The van der Waals surface area contributed by atoms with Crippen molar-refractivity contribution in [1.29, 1.82) is 0 Å². The van der Waals surface area contributed by atoms with Crippen LogP contribution in [0.1, 0.15) is 30.4 Å². The zero-order valence-corrected chi connectivity index (χ0v) is 17.1. The Balaban J connectivity index is 1.77. The van der Waals surface area contributed by atoms with Gasteiger partial charge in [-0.25, -0.2) is 4.68 Å². The molecule has 29 heavy (non-hydrogen) atoms. The predicted octanol–water partition coefficient (Wildman–Crippen LogP) is 3.14. The van der Waals surface area contributed by atoms with Gasteiger partial charge in [0.05, 0.1) is 25.1 Å². The number of rotatable bonds is 7. The van der Waals surface area contributed by atoms with Gasteiger partial charge in [0.1, 0.15) is 18.1 Å². The summed E-state index contributed by atoms with van der Waals surface area (Å²) in [5, 5.41) is 5.41. The van der Waals surface area contributed by atoms with Crippen molar-refractivity contribution in [3.8, 4) is 11.5 Å². The van der Waals surface area contributed by atoms with Crippen molar-refractivity contribution in [1.82, 2.24) is 14.7 Å². The monoisotopic (exact) mass is 395 g/mol. The van der Waals surface area contributed by atoms with Crippen LogP contribution in [0.5, 0.6) is 11.5 Å². The van der Waals surface area contributed by atoms with Crippen molar-refractivity contribution in [3.05, 3.63) is 64.6 Å². The first-order chi connectivity index (χ1) is 13.9.